The van der Waals surface area contributed by atoms with Crippen molar-refractivity contribution < 1.29 is 4.42 Å². The zero-order valence-electron chi connectivity index (χ0n) is 10.6. The number of hydrogen-bond donors (Lipinski definition) is 1. The van der Waals surface area contributed by atoms with E-state index in [1.165, 1.54) is 12.0 Å². The van der Waals surface area contributed by atoms with Crippen LogP contribution in [-0.2, 0) is 13.1 Å². The Labute approximate surface area is 107 Å². The van der Waals surface area contributed by atoms with Crippen LogP contribution in [0.1, 0.15) is 36.3 Å². The van der Waals surface area contributed by atoms with Gasteiger partial charge < -0.3 is 9.73 Å². The van der Waals surface area contributed by atoms with Crippen LogP contribution < -0.4 is 5.32 Å². The predicted octanol–water partition coefficient (Wildman–Crippen LogP) is 3.09. The van der Waals surface area contributed by atoms with Crippen molar-refractivity contribution >= 4 is 0 Å². The quantitative estimate of drug-likeness (QED) is 0.875. The first-order valence-corrected chi connectivity index (χ1v) is 6.51. The van der Waals surface area contributed by atoms with Gasteiger partial charge in [0.15, 0.2) is 0 Å². The molecule has 0 saturated heterocycles. The molecule has 1 N–H and O–H groups in total. The fourth-order valence-corrected chi connectivity index (χ4v) is 2.24. The fourth-order valence-electron chi connectivity index (χ4n) is 2.24. The summed E-state index contributed by atoms with van der Waals surface area (Å²) >= 11 is 0. The van der Waals surface area contributed by atoms with Crippen LogP contribution in [0.5, 0.6) is 0 Å². The third kappa shape index (κ3) is 2.62. The van der Waals surface area contributed by atoms with Crippen LogP contribution in [0.15, 0.2) is 41.1 Å². The molecule has 1 saturated carbocycles. The fraction of sp³-hybridized carbons (Fsp3) is 0.400. The van der Waals surface area contributed by atoms with Crippen LogP contribution in [0.2, 0.25) is 0 Å². The Morgan fingerprint density at radius 2 is 2.00 bits per heavy atom. The molecule has 18 heavy (non-hydrogen) atoms. The molecular weight excluding hydrogens is 224 g/mol. The normalized spacial score (nSPS) is 22.1. The van der Waals surface area contributed by atoms with Crippen molar-refractivity contribution in [2.75, 3.05) is 0 Å². The van der Waals surface area contributed by atoms with E-state index in [1.807, 2.05) is 24.5 Å². The summed E-state index contributed by atoms with van der Waals surface area (Å²) in [6, 6.07) is 8.25. The highest BCUT2D eigenvalue weighted by atomic mass is 16.3. The molecule has 0 bridgehead atoms. The van der Waals surface area contributed by atoms with Gasteiger partial charge in [0.05, 0.1) is 6.54 Å². The van der Waals surface area contributed by atoms with E-state index in [0.717, 1.165) is 30.5 Å². The van der Waals surface area contributed by atoms with Gasteiger partial charge in [-0.2, -0.15) is 0 Å². The lowest BCUT2D eigenvalue weighted by Gasteiger charge is -2.02. The van der Waals surface area contributed by atoms with Crippen molar-refractivity contribution in [3.05, 3.63) is 53.7 Å². The highest BCUT2D eigenvalue weighted by Gasteiger charge is 2.36. The lowest BCUT2D eigenvalue weighted by molar-refractivity contribution is 0.444. The molecule has 2 atom stereocenters. The van der Waals surface area contributed by atoms with Crippen molar-refractivity contribution in [2.45, 2.75) is 32.4 Å². The van der Waals surface area contributed by atoms with Crippen LogP contribution in [0.25, 0.3) is 0 Å². The molecule has 0 radical (unpaired) electrons. The molecule has 0 aromatic carbocycles. The highest BCUT2D eigenvalue weighted by Crippen LogP contribution is 2.47. The van der Waals surface area contributed by atoms with E-state index in [0.29, 0.717) is 5.92 Å². The van der Waals surface area contributed by atoms with Crippen LogP contribution >= 0.6 is 0 Å². The topological polar surface area (TPSA) is 38.1 Å². The number of hydrogen-bond acceptors (Lipinski definition) is 3. The minimum absolute atomic E-state index is 0.666. The number of aromatic nitrogens is 1. The second-order valence-corrected chi connectivity index (χ2v) is 5.08. The smallest absolute Gasteiger partial charge is 0.117 e. The van der Waals surface area contributed by atoms with Gasteiger partial charge in [0.1, 0.15) is 11.5 Å². The van der Waals surface area contributed by atoms with E-state index in [-0.39, 0.29) is 0 Å². The van der Waals surface area contributed by atoms with Gasteiger partial charge in [0, 0.05) is 24.9 Å². The molecule has 0 unspecified atom stereocenters. The Balaban J connectivity index is 1.50. The zero-order valence-corrected chi connectivity index (χ0v) is 10.6. The largest absolute Gasteiger partial charge is 0.464 e. The monoisotopic (exact) mass is 242 g/mol. The molecule has 3 rings (SSSR count). The highest BCUT2D eigenvalue weighted by molar-refractivity contribution is 5.17. The molecule has 1 aliphatic carbocycles. The maximum absolute atomic E-state index is 5.84. The second-order valence-electron chi connectivity index (χ2n) is 5.08. The first kappa shape index (κ1) is 11.5. The van der Waals surface area contributed by atoms with Crippen molar-refractivity contribution in [3.63, 3.8) is 0 Å². The standard InChI is InChI=1S/C15H18N2O/c1-11-8-14(11)15-3-2-13(18-15)10-17-9-12-4-6-16-7-5-12/h2-7,11,14,17H,8-10H2,1H3/t11-,14-/m0/s1. The summed E-state index contributed by atoms with van der Waals surface area (Å²) in [4.78, 5) is 4.00. The van der Waals surface area contributed by atoms with E-state index in [1.54, 1.807) is 0 Å². The van der Waals surface area contributed by atoms with Crippen LogP contribution in [-0.4, -0.2) is 4.98 Å². The number of nitrogens with zero attached hydrogens (tertiary/aromatic N) is 1. The lowest BCUT2D eigenvalue weighted by Crippen LogP contribution is -2.11. The molecule has 2 aromatic rings. The van der Waals surface area contributed by atoms with E-state index in [2.05, 4.69) is 29.4 Å². The Kier molecular flexibility index (Phi) is 3.15. The minimum Gasteiger partial charge on any atom is -0.464 e. The maximum Gasteiger partial charge on any atom is 0.117 e. The average molecular weight is 242 g/mol. The van der Waals surface area contributed by atoms with Gasteiger partial charge in [0.2, 0.25) is 0 Å². The molecule has 3 nitrogen and oxygen atoms in total. The van der Waals surface area contributed by atoms with Gasteiger partial charge in [-0.15, -0.1) is 0 Å². The number of nitrogens with one attached hydrogen (secondary N) is 1. The van der Waals surface area contributed by atoms with Gasteiger partial charge in [-0.1, -0.05) is 6.92 Å². The van der Waals surface area contributed by atoms with Crippen molar-refractivity contribution in [3.8, 4) is 0 Å². The molecule has 94 valence electrons. The van der Waals surface area contributed by atoms with Gasteiger partial charge in [-0.05, 0) is 42.2 Å². The predicted molar refractivity (Wildman–Crippen MR) is 70.0 cm³/mol. The molecular formula is C15H18N2O. The molecule has 0 aliphatic heterocycles. The third-order valence-electron chi connectivity index (χ3n) is 3.54. The number of pyridine rings is 1. The van der Waals surface area contributed by atoms with Gasteiger partial charge in [-0.3, -0.25) is 4.98 Å². The zero-order chi connectivity index (χ0) is 12.4. The molecule has 2 heterocycles. The van der Waals surface area contributed by atoms with Gasteiger partial charge >= 0.3 is 0 Å². The summed E-state index contributed by atoms with van der Waals surface area (Å²) in [5, 5.41) is 3.38. The SMILES string of the molecule is C[C@H]1C[C@@H]1c1ccc(CNCc2ccncc2)o1. The second kappa shape index (κ2) is 4.94. The Morgan fingerprint density at radius 3 is 2.72 bits per heavy atom. The molecule has 3 heteroatoms. The first-order valence-electron chi connectivity index (χ1n) is 6.51. The summed E-state index contributed by atoms with van der Waals surface area (Å²) in [5.41, 5.74) is 1.24. The van der Waals surface area contributed by atoms with Crippen molar-refractivity contribution in [2.24, 2.45) is 5.92 Å². The summed E-state index contributed by atoms with van der Waals surface area (Å²) in [6.07, 6.45) is 4.91. The molecule has 1 fully saturated rings. The summed E-state index contributed by atoms with van der Waals surface area (Å²) in [6.45, 7) is 3.90. The van der Waals surface area contributed by atoms with Crippen LogP contribution in [0.4, 0.5) is 0 Å². The van der Waals surface area contributed by atoms with E-state index in [4.69, 9.17) is 4.42 Å². The Bertz CT molecular complexity index is 506. The van der Waals surface area contributed by atoms with E-state index < -0.39 is 0 Å². The summed E-state index contributed by atoms with van der Waals surface area (Å²) < 4.78 is 5.84. The third-order valence-corrected chi connectivity index (χ3v) is 3.54. The first-order chi connectivity index (χ1) is 8.83. The van der Waals surface area contributed by atoms with Gasteiger partial charge in [-0.25, -0.2) is 0 Å². The number of rotatable bonds is 5. The molecule has 0 spiro atoms. The Hall–Kier alpha value is -1.61. The van der Waals surface area contributed by atoms with Crippen molar-refractivity contribution in [1.82, 2.24) is 10.3 Å². The molecule has 0 amide bonds. The minimum atomic E-state index is 0.666. The van der Waals surface area contributed by atoms with Crippen LogP contribution in [0, 0.1) is 5.92 Å². The molecule has 2 aromatic heterocycles. The van der Waals surface area contributed by atoms with Crippen molar-refractivity contribution in [1.29, 1.82) is 0 Å². The summed E-state index contributed by atoms with van der Waals surface area (Å²) in [7, 11) is 0. The van der Waals surface area contributed by atoms with E-state index >= 15 is 0 Å². The number of furan rings is 1. The van der Waals surface area contributed by atoms with Gasteiger partial charge in [0.25, 0.3) is 0 Å². The van der Waals surface area contributed by atoms with E-state index in [9.17, 15) is 0 Å². The lowest BCUT2D eigenvalue weighted by atomic mass is 10.2. The maximum atomic E-state index is 5.84. The van der Waals surface area contributed by atoms with Crippen LogP contribution in [0.3, 0.4) is 0 Å². The average Bonchev–Trinajstić information content (AvgIpc) is 2.94. The Morgan fingerprint density at radius 1 is 1.22 bits per heavy atom. The molecule has 1 aliphatic rings. The summed E-state index contributed by atoms with van der Waals surface area (Å²) in [5.74, 6) is 3.65.